The molecule has 3 heterocycles. The molecule has 0 aliphatic heterocycles. The fourth-order valence-electron chi connectivity index (χ4n) is 9.77. The van der Waals surface area contributed by atoms with Crippen molar-refractivity contribution in [3.05, 3.63) is 204 Å². The monoisotopic (exact) mass is 1140 g/mol. The zero-order valence-electron chi connectivity index (χ0n) is 45.9. The van der Waals surface area contributed by atoms with Gasteiger partial charge >= 0.3 is 0 Å². The molecule has 0 N–H and O–H groups in total. The Morgan fingerprint density at radius 1 is 0.634 bits per heavy atom. The molecule has 0 saturated carbocycles. The summed E-state index contributed by atoms with van der Waals surface area (Å²) in [5.74, 6) is 0.910. The summed E-state index contributed by atoms with van der Waals surface area (Å²) < 4.78 is 35.7. The molecule has 11 rings (SSSR count). The summed E-state index contributed by atoms with van der Waals surface area (Å²) >= 11 is 1.85. The van der Waals surface area contributed by atoms with Crippen molar-refractivity contribution < 1.29 is 25.6 Å². The summed E-state index contributed by atoms with van der Waals surface area (Å²) in [4.78, 5) is 10.0. The van der Waals surface area contributed by atoms with E-state index in [0.717, 1.165) is 39.2 Å². The van der Waals surface area contributed by atoms with Crippen molar-refractivity contribution in [2.24, 2.45) is 0 Å². The number of nitrogens with zero attached hydrogens (tertiary/aromatic N) is 3. The van der Waals surface area contributed by atoms with E-state index in [1.54, 1.807) is 12.1 Å². The Balaban J connectivity index is 0.000000233. The Kier molecular flexibility index (Phi) is 12.9. The minimum atomic E-state index is -2.13. The normalized spacial score (nSPS) is 12.9. The van der Waals surface area contributed by atoms with Crippen LogP contribution in [0.15, 0.2) is 170 Å². The standard InChI is InChI=1S/C47H37N2S.C18H24NSi.Ir/c1-29(2)36-16-10-17-37(30(3)4)44(36)49-45-38-15-9-8-14-34(38)25-27-42(45)48-47(49)41-19-11-18-40-39-26-24-35(28-43(39)50-46(40)41)33-22-20-32(21-23-33)31-12-6-5-7-13-31;1-13(2)16-11-17(15-9-7-14(3)8-10-15)19-12-18(16)20(4,5)6;/h5-18,20-30H,1-4H3;7-9,11-13H,1-6H3;/q2*-1;/i;3D3,13D;. The number of hydrogen-bond donors (Lipinski definition) is 0. The number of rotatable bonds is 9. The molecular weight excluding hydrogens is 1080 g/mol. The molecule has 11 aromatic rings. The van der Waals surface area contributed by atoms with Crippen LogP contribution in [0, 0.1) is 19.0 Å². The predicted octanol–water partition coefficient (Wildman–Crippen LogP) is 18.1. The molecule has 0 spiro atoms. The van der Waals surface area contributed by atoms with Gasteiger partial charge in [0.15, 0.2) is 0 Å². The van der Waals surface area contributed by atoms with Gasteiger partial charge in [-0.1, -0.05) is 206 Å². The summed E-state index contributed by atoms with van der Waals surface area (Å²) in [5.41, 5.74) is 14.7. The van der Waals surface area contributed by atoms with Crippen LogP contribution in [0.1, 0.15) is 87.0 Å². The van der Waals surface area contributed by atoms with E-state index in [0.29, 0.717) is 11.8 Å². The maximum atomic E-state index is 8.48. The molecule has 0 unspecified atom stereocenters. The van der Waals surface area contributed by atoms with Crippen LogP contribution in [0.5, 0.6) is 0 Å². The maximum Gasteiger partial charge on any atom is 0.0799 e. The summed E-state index contributed by atoms with van der Waals surface area (Å²) in [6, 6.07) is 64.1. The molecule has 1 radical (unpaired) electrons. The SMILES string of the molecule is CC(C)c1cccc(C(C)C)c1-n1c(-c2[c-]ccc3c2sc2cc(-c4ccc(-c5ccccc5)cc4)ccc23)nc2ccc3ccccc3c21.[2H]C([2H])([2H])c1c[c-]c(-c2cc(C([2H])(C)C)c([Si](C)(C)C)cn2)cc1.[Ir]. The molecule has 0 bridgehead atoms. The van der Waals surface area contributed by atoms with Gasteiger partial charge in [-0.2, -0.15) is 11.3 Å². The molecular formula is C65H61IrN3SSi-2. The smallest absolute Gasteiger partial charge is 0.0799 e. The van der Waals surface area contributed by atoms with Crippen LogP contribution in [0.25, 0.3) is 92.6 Å². The van der Waals surface area contributed by atoms with Gasteiger partial charge in [-0.3, -0.25) is 4.98 Å². The molecule has 71 heavy (non-hydrogen) atoms. The van der Waals surface area contributed by atoms with Crippen molar-refractivity contribution in [1.82, 2.24) is 14.5 Å². The van der Waals surface area contributed by atoms with Gasteiger partial charge in [0, 0.05) is 47.6 Å². The van der Waals surface area contributed by atoms with Crippen molar-refractivity contribution in [2.45, 2.75) is 85.8 Å². The molecule has 0 aliphatic carbocycles. The number of fused-ring (bicyclic) bond motifs is 6. The number of hydrogen-bond acceptors (Lipinski definition) is 3. The third kappa shape index (κ3) is 9.76. The Morgan fingerprint density at radius 2 is 1.31 bits per heavy atom. The molecule has 357 valence electrons. The van der Waals surface area contributed by atoms with Crippen LogP contribution in [-0.4, -0.2) is 22.6 Å². The van der Waals surface area contributed by atoms with Crippen LogP contribution < -0.4 is 5.19 Å². The number of thiophene rings is 1. The van der Waals surface area contributed by atoms with Gasteiger partial charge in [0.1, 0.15) is 0 Å². The first-order valence-corrected chi connectivity index (χ1v) is 28.7. The molecule has 0 amide bonds. The number of pyridine rings is 1. The Labute approximate surface area is 444 Å². The average molecular weight is 1140 g/mol. The molecule has 0 atom stereocenters. The third-order valence-corrected chi connectivity index (χ3v) is 16.6. The summed E-state index contributed by atoms with van der Waals surface area (Å²) in [6.45, 7) is 17.6. The first-order valence-electron chi connectivity index (χ1n) is 26.4. The Hall–Kier alpha value is -6.27. The van der Waals surface area contributed by atoms with Gasteiger partial charge in [-0.15, -0.1) is 53.6 Å². The third-order valence-electron chi connectivity index (χ3n) is 13.4. The van der Waals surface area contributed by atoms with Gasteiger partial charge in [0.05, 0.1) is 24.9 Å². The summed E-state index contributed by atoms with van der Waals surface area (Å²) in [5, 5.41) is 6.13. The number of benzene rings is 8. The second-order valence-corrected chi connectivity index (χ2v) is 26.3. The van der Waals surface area contributed by atoms with E-state index in [9.17, 15) is 0 Å². The minimum Gasteiger partial charge on any atom is -0.332 e. The van der Waals surface area contributed by atoms with Crippen molar-refractivity contribution in [3.8, 4) is 50.6 Å². The average Bonchev–Trinajstić information content (AvgIpc) is 3.97. The van der Waals surface area contributed by atoms with Crippen LogP contribution in [0.3, 0.4) is 0 Å². The van der Waals surface area contributed by atoms with Gasteiger partial charge < -0.3 is 9.55 Å². The largest absolute Gasteiger partial charge is 0.332 e. The predicted molar refractivity (Wildman–Crippen MR) is 305 cm³/mol. The number of para-hydroxylation sites is 1. The van der Waals surface area contributed by atoms with Crippen LogP contribution in [0.2, 0.25) is 19.6 Å². The van der Waals surface area contributed by atoms with Crippen molar-refractivity contribution >= 4 is 66.6 Å². The summed E-state index contributed by atoms with van der Waals surface area (Å²) in [6.07, 6.45) is 1.89. The Morgan fingerprint density at radius 3 is 1.97 bits per heavy atom. The van der Waals surface area contributed by atoms with E-state index in [1.807, 2.05) is 37.4 Å². The zero-order valence-corrected chi connectivity index (χ0v) is 46.1. The van der Waals surface area contributed by atoms with Crippen molar-refractivity contribution in [3.63, 3.8) is 0 Å². The van der Waals surface area contributed by atoms with Gasteiger partial charge in [0.25, 0.3) is 0 Å². The van der Waals surface area contributed by atoms with Crippen molar-refractivity contribution in [1.29, 1.82) is 0 Å². The van der Waals surface area contributed by atoms with E-state index >= 15 is 0 Å². The number of aromatic nitrogens is 3. The van der Waals surface area contributed by atoms with Crippen LogP contribution in [0.4, 0.5) is 0 Å². The van der Waals surface area contributed by atoms with Gasteiger partial charge in [0.2, 0.25) is 0 Å². The van der Waals surface area contributed by atoms with E-state index in [1.165, 1.54) is 81.3 Å². The molecule has 0 fully saturated rings. The number of imidazole rings is 1. The summed E-state index contributed by atoms with van der Waals surface area (Å²) in [7, 11) is -1.61. The van der Waals surface area contributed by atoms with Crippen molar-refractivity contribution in [2.75, 3.05) is 0 Å². The second-order valence-electron chi connectivity index (χ2n) is 20.2. The fourth-order valence-corrected chi connectivity index (χ4v) is 12.6. The van der Waals surface area contributed by atoms with E-state index in [-0.39, 0.29) is 25.7 Å². The van der Waals surface area contributed by atoms with E-state index in [2.05, 4.69) is 209 Å². The van der Waals surface area contributed by atoms with Crippen LogP contribution in [-0.2, 0) is 20.1 Å². The number of aryl methyl sites for hydroxylation is 1. The van der Waals surface area contributed by atoms with Crippen LogP contribution >= 0.6 is 11.3 Å². The zero-order chi connectivity index (χ0) is 52.3. The van der Waals surface area contributed by atoms with Gasteiger partial charge in [-0.05, 0) is 89.6 Å². The molecule has 3 aromatic heterocycles. The van der Waals surface area contributed by atoms with E-state index < -0.39 is 20.8 Å². The fraction of sp³-hybridized carbons (Fsp3) is 0.200. The topological polar surface area (TPSA) is 30.7 Å². The maximum absolute atomic E-state index is 8.48. The first kappa shape index (κ1) is 44.7. The first-order chi connectivity index (χ1) is 35.3. The van der Waals surface area contributed by atoms with Gasteiger partial charge in [-0.25, -0.2) is 0 Å². The van der Waals surface area contributed by atoms with E-state index in [4.69, 9.17) is 10.5 Å². The minimum absolute atomic E-state index is 0. The molecule has 3 nitrogen and oxygen atoms in total. The molecule has 0 aliphatic rings. The molecule has 6 heteroatoms. The Bertz CT molecular complexity index is 3820. The molecule has 8 aromatic carbocycles. The second kappa shape index (κ2) is 20.5. The molecule has 0 saturated heterocycles. The quantitative estimate of drug-likeness (QED) is 0.107.